The van der Waals surface area contributed by atoms with Gasteiger partial charge in [-0.15, -0.1) is 0 Å². The zero-order chi connectivity index (χ0) is 42.1. The molecule has 5 rings (SSSR count). The van der Waals surface area contributed by atoms with Crippen LogP contribution in [0.1, 0.15) is 24.0 Å². The number of hydrogen-bond acceptors (Lipinski definition) is 14. The molecule has 0 radical (unpaired) electrons. The van der Waals surface area contributed by atoms with Crippen LogP contribution >= 0.6 is 0 Å². The lowest BCUT2D eigenvalue weighted by Gasteiger charge is -2.32. The number of carbonyl (C=O) groups excluding carboxylic acids is 6. The molecule has 3 heterocycles. The molecule has 1 saturated heterocycles. The Morgan fingerprint density at radius 3 is 1.71 bits per heavy atom. The molecule has 1 fully saturated rings. The highest BCUT2D eigenvalue weighted by Gasteiger charge is 2.45. The Kier molecular flexibility index (Phi) is 14.0. The largest absolute Gasteiger partial charge is 0.508 e. The van der Waals surface area contributed by atoms with Gasteiger partial charge in [-0.2, -0.15) is 0 Å². The molecule has 22 heteroatoms. The van der Waals surface area contributed by atoms with Crippen LogP contribution in [0, 0.1) is 0 Å². The fraction of sp³-hybridized carbons (Fsp3) is 0.444. The number of benzene rings is 2. The summed E-state index contributed by atoms with van der Waals surface area (Å²) in [6.07, 6.45) is -3.76. The Hall–Kier alpha value is -6.52. The van der Waals surface area contributed by atoms with Gasteiger partial charge in [0.25, 0.3) is 0 Å². The average Bonchev–Trinajstić information content (AvgIpc) is 3.86. The van der Waals surface area contributed by atoms with Gasteiger partial charge in [0.05, 0.1) is 26.2 Å². The van der Waals surface area contributed by atoms with Crippen LogP contribution in [0.25, 0.3) is 0 Å². The molecule has 2 aromatic carbocycles. The van der Waals surface area contributed by atoms with Gasteiger partial charge in [0.15, 0.2) is 0 Å². The van der Waals surface area contributed by atoms with Gasteiger partial charge in [0.1, 0.15) is 60.3 Å². The fourth-order valence-electron chi connectivity index (χ4n) is 6.71. The summed E-state index contributed by atoms with van der Waals surface area (Å²) in [5, 5.41) is 63.2. The maximum absolute atomic E-state index is 14.4. The Bertz CT molecular complexity index is 1900. The van der Waals surface area contributed by atoms with Crippen LogP contribution in [0.15, 0.2) is 54.6 Å². The molecule has 0 saturated carbocycles. The van der Waals surface area contributed by atoms with Crippen molar-refractivity contribution in [2.24, 2.45) is 11.5 Å². The van der Waals surface area contributed by atoms with Crippen molar-refractivity contribution in [1.29, 1.82) is 0 Å². The molecule has 3 aliphatic heterocycles. The maximum Gasteiger partial charge on any atom is 0.341 e. The van der Waals surface area contributed by atoms with Crippen LogP contribution in [0.5, 0.6) is 5.75 Å². The topological polar surface area (TPSA) is 360 Å². The number of carbonyl (C=O) groups is 6. The van der Waals surface area contributed by atoms with Crippen LogP contribution in [-0.4, -0.2) is 149 Å². The van der Waals surface area contributed by atoms with Gasteiger partial charge in [-0.25, -0.2) is 0 Å². The number of phenolic OH excluding ortho intramolecular Hbond substituents is 1. The standard InChI is InChI=1S/C36H48N12O10/c1-16(18-5-3-2-4-6-18)25-32(56)42-20(11-17-7-9-19(50)10-8-17)31(55)47-27(29(53)22-13-41-36(38)45-22)34(58)48-26(28(52)21-12-40-35(37)44-21)33(57)43-23(15-49)30(54)39-14-24(51)46-25/h2-10,16,20-23,25-29,49-50,52-53H,11-15H2,1H3,(H,39,54)(H,42,56)(H,43,57)(H,46,51)(H,47,55)(H,48,58)(H3,37,40,44)(H3,38,41,45)/p+2/t16-,20+,21-,22-,23-,25-,26+,27-,28+,29+/m0/s1. The number of aliphatic hydroxyl groups is 3. The molecule has 10 atom stereocenters. The van der Waals surface area contributed by atoms with Crippen LogP contribution in [0.4, 0.5) is 0 Å². The Morgan fingerprint density at radius 2 is 1.17 bits per heavy atom. The highest BCUT2D eigenvalue weighted by molar-refractivity contribution is 5.98. The second kappa shape index (κ2) is 19.1. The van der Waals surface area contributed by atoms with Gasteiger partial charge in [-0.3, -0.25) is 60.9 Å². The third-order valence-electron chi connectivity index (χ3n) is 10.0. The maximum atomic E-state index is 14.4. The Labute approximate surface area is 331 Å². The molecule has 0 spiro atoms. The first-order valence-electron chi connectivity index (χ1n) is 18.5. The molecule has 6 amide bonds. The highest BCUT2D eigenvalue weighted by Crippen LogP contribution is 2.20. The van der Waals surface area contributed by atoms with E-state index in [0.29, 0.717) is 11.1 Å². The number of aromatic hydroxyl groups is 1. The first-order chi connectivity index (χ1) is 27.6. The fourth-order valence-corrected chi connectivity index (χ4v) is 6.71. The highest BCUT2D eigenvalue weighted by atomic mass is 16.3. The number of guanidine groups is 2. The van der Waals surface area contributed by atoms with E-state index in [1.165, 1.54) is 24.3 Å². The lowest BCUT2D eigenvalue weighted by Crippen LogP contribution is -2.74. The minimum atomic E-state index is -1.91. The SMILES string of the molecule is C[C@@H](c1ccccc1)[C@@H]1NC(=O)CNC(=O)[C@H](CO)NC(=O)[C@@H]([C@H](O)[C@@H]2C[NH+]=C(N)N2)NC(=O)[C@H]([C@H](O)[C@@H]2C[NH+]=C(N)N2)NC(=O)[C@@H](Cc2ccc(O)cc2)NC1=O. The van der Waals surface area contributed by atoms with Gasteiger partial charge >= 0.3 is 11.9 Å². The van der Waals surface area contributed by atoms with E-state index in [-0.39, 0.29) is 37.2 Å². The number of hydrogen-bond donors (Lipinski definition) is 16. The molecule has 0 aliphatic carbocycles. The van der Waals surface area contributed by atoms with Crippen molar-refractivity contribution in [3.63, 3.8) is 0 Å². The van der Waals surface area contributed by atoms with E-state index >= 15 is 0 Å². The second-order valence-electron chi connectivity index (χ2n) is 14.2. The van der Waals surface area contributed by atoms with E-state index in [1.54, 1.807) is 37.3 Å². The molecular formula is C36H50N12O10+2. The summed E-state index contributed by atoms with van der Waals surface area (Å²) < 4.78 is 0. The molecule has 18 N–H and O–H groups in total. The Morgan fingerprint density at radius 1 is 0.655 bits per heavy atom. The van der Waals surface area contributed by atoms with Crippen LogP contribution in [0.3, 0.4) is 0 Å². The summed E-state index contributed by atoms with van der Waals surface area (Å²) in [6.45, 7) is -0.0498. The number of phenols is 1. The van der Waals surface area contributed by atoms with E-state index in [9.17, 15) is 49.2 Å². The van der Waals surface area contributed by atoms with Crippen LogP contribution in [0.2, 0.25) is 0 Å². The third-order valence-corrected chi connectivity index (χ3v) is 10.0. The van der Waals surface area contributed by atoms with Crippen molar-refractivity contribution in [1.82, 2.24) is 42.5 Å². The number of nitrogens with two attached hydrogens (primary N) is 2. The van der Waals surface area contributed by atoms with Gasteiger partial charge in [0, 0.05) is 12.3 Å². The van der Waals surface area contributed by atoms with Crippen LogP contribution in [-0.2, 0) is 35.2 Å². The van der Waals surface area contributed by atoms with E-state index in [1.807, 2.05) is 0 Å². The monoisotopic (exact) mass is 810 g/mol. The summed E-state index contributed by atoms with van der Waals surface area (Å²) in [4.78, 5) is 88.7. The predicted octanol–water partition coefficient (Wildman–Crippen LogP) is -10.3. The average molecular weight is 811 g/mol. The molecular weight excluding hydrogens is 760 g/mol. The summed E-state index contributed by atoms with van der Waals surface area (Å²) in [7, 11) is 0. The van der Waals surface area contributed by atoms with E-state index in [4.69, 9.17) is 11.5 Å². The minimum absolute atomic E-state index is 0.00825. The lowest BCUT2D eigenvalue weighted by atomic mass is 9.92. The zero-order valence-corrected chi connectivity index (χ0v) is 31.4. The third kappa shape index (κ3) is 10.7. The number of amides is 6. The summed E-state index contributed by atoms with van der Waals surface area (Å²) in [5.41, 5.74) is 12.7. The molecule has 2 aromatic rings. The Balaban J connectivity index is 1.56. The predicted molar refractivity (Wildman–Crippen MR) is 202 cm³/mol. The van der Waals surface area contributed by atoms with Gasteiger partial charge in [0.2, 0.25) is 35.4 Å². The van der Waals surface area contributed by atoms with E-state index in [2.05, 4.69) is 52.5 Å². The normalized spacial score (nSPS) is 27.9. The first kappa shape index (κ1) is 42.6. The molecule has 312 valence electrons. The quantitative estimate of drug-likeness (QED) is 0.112. The molecule has 22 nitrogen and oxygen atoms in total. The van der Waals surface area contributed by atoms with Crippen LogP contribution < -0.4 is 64.0 Å². The van der Waals surface area contributed by atoms with Crippen molar-refractivity contribution in [3.05, 3.63) is 65.7 Å². The molecule has 0 aromatic heterocycles. The van der Waals surface area contributed by atoms with Gasteiger partial charge in [-0.1, -0.05) is 49.4 Å². The molecule has 58 heavy (non-hydrogen) atoms. The first-order valence-corrected chi connectivity index (χ1v) is 18.5. The lowest BCUT2D eigenvalue weighted by molar-refractivity contribution is -0.452. The van der Waals surface area contributed by atoms with Crippen molar-refractivity contribution in [3.8, 4) is 5.75 Å². The summed E-state index contributed by atoms with van der Waals surface area (Å²) >= 11 is 0. The molecule has 0 unspecified atom stereocenters. The smallest absolute Gasteiger partial charge is 0.341 e. The van der Waals surface area contributed by atoms with E-state index in [0.717, 1.165) is 0 Å². The van der Waals surface area contributed by atoms with E-state index < -0.39 is 109 Å². The number of nitrogens with one attached hydrogen (secondary N) is 10. The summed E-state index contributed by atoms with van der Waals surface area (Å²) in [5.74, 6) is -6.70. The number of rotatable bonds is 9. The minimum Gasteiger partial charge on any atom is -0.508 e. The molecule has 3 aliphatic rings. The van der Waals surface area contributed by atoms with Gasteiger partial charge < -0.3 is 52.3 Å². The summed E-state index contributed by atoms with van der Waals surface area (Å²) in [6, 6.07) is 4.07. The zero-order valence-electron chi connectivity index (χ0n) is 31.4. The van der Waals surface area contributed by atoms with Crippen molar-refractivity contribution >= 4 is 47.4 Å². The molecule has 0 bridgehead atoms. The van der Waals surface area contributed by atoms with Crippen molar-refractivity contribution in [2.45, 2.75) is 73.8 Å². The van der Waals surface area contributed by atoms with Gasteiger partial charge in [-0.05, 0) is 23.3 Å². The second-order valence-corrected chi connectivity index (χ2v) is 14.2. The van der Waals surface area contributed by atoms with Crippen molar-refractivity contribution in [2.75, 3.05) is 26.2 Å². The number of aliphatic hydroxyl groups excluding tert-OH is 3. The van der Waals surface area contributed by atoms with Crippen molar-refractivity contribution < 1.29 is 59.2 Å².